The van der Waals surface area contributed by atoms with Gasteiger partial charge in [-0.2, -0.15) is 0 Å². The Bertz CT molecular complexity index is 875. The molecule has 1 aromatic heterocycles. The molecule has 0 radical (unpaired) electrons. The molecule has 0 atom stereocenters. The quantitative estimate of drug-likeness (QED) is 0.838. The van der Waals surface area contributed by atoms with Gasteiger partial charge in [0.2, 0.25) is 5.91 Å². The number of aryl methyl sites for hydroxylation is 2. The van der Waals surface area contributed by atoms with Gasteiger partial charge in [-0.15, -0.1) is 0 Å². The van der Waals surface area contributed by atoms with Gasteiger partial charge in [0.05, 0.1) is 17.8 Å². The van der Waals surface area contributed by atoms with Gasteiger partial charge < -0.3 is 10.2 Å². The molecular formula is C22H26N4O2. The zero-order valence-corrected chi connectivity index (χ0v) is 16.3. The summed E-state index contributed by atoms with van der Waals surface area (Å²) in [5, 5.41) is 2.92. The van der Waals surface area contributed by atoms with E-state index in [1.807, 2.05) is 12.1 Å². The fraction of sp³-hybridized carbons (Fsp3) is 0.455. The number of rotatable bonds is 6. The van der Waals surface area contributed by atoms with E-state index in [4.69, 9.17) is 0 Å². The smallest absolute Gasteiger partial charge is 0.257 e. The average Bonchev–Trinajstić information content (AvgIpc) is 3.57. The molecule has 28 heavy (non-hydrogen) atoms. The number of aromatic nitrogens is 2. The Kier molecular flexibility index (Phi) is 5.37. The van der Waals surface area contributed by atoms with Crippen LogP contribution in [0, 0.1) is 0 Å². The molecule has 2 aromatic rings. The lowest BCUT2D eigenvalue weighted by atomic mass is 10.1. The Morgan fingerprint density at radius 1 is 1.21 bits per heavy atom. The summed E-state index contributed by atoms with van der Waals surface area (Å²) in [5.74, 6) is 1.05. The van der Waals surface area contributed by atoms with Crippen LogP contribution in [0.15, 0.2) is 30.5 Å². The Balaban J connectivity index is 1.36. The molecule has 1 N–H and O–H groups in total. The summed E-state index contributed by atoms with van der Waals surface area (Å²) in [5.41, 5.74) is 3.71. The summed E-state index contributed by atoms with van der Waals surface area (Å²) in [4.78, 5) is 35.9. The van der Waals surface area contributed by atoms with Crippen molar-refractivity contribution in [3.8, 4) is 0 Å². The molecule has 6 heteroatoms. The molecule has 2 aliphatic rings. The summed E-state index contributed by atoms with van der Waals surface area (Å²) >= 11 is 0. The van der Waals surface area contributed by atoms with E-state index in [0.29, 0.717) is 24.6 Å². The molecule has 2 amide bonds. The zero-order chi connectivity index (χ0) is 19.5. The highest BCUT2D eigenvalue weighted by molar-refractivity contribution is 5.97. The first-order valence-corrected chi connectivity index (χ1v) is 10.1. The number of hydrogen-bond acceptors (Lipinski definition) is 4. The second-order valence-electron chi connectivity index (χ2n) is 7.64. The van der Waals surface area contributed by atoms with Crippen molar-refractivity contribution >= 4 is 11.8 Å². The Morgan fingerprint density at radius 2 is 1.96 bits per heavy atom. The van der Waals surface area contributed by atoms with Crippen molar-refractivity contribution in [3.05, 3.63) is 58.7 Å². The highest BCUT2D eigenvalue weighted by Gasteiger charge is 2.30. The predicted octanol–water partition coefficient (Wildman–Crippen LogP) is 2.62. The van der Waals surface area contributed by atoms with Gasteiger partial charge in [-0.3, -0.25) is 9.59 Å². The van der Waals surface area contributed by atoms with E-state index in [9.17, 15) is 9.59 Å². The first-order valence-electron chi connectivity index (χ1n) is 10.1. The normalized spacial score (nSPS) is 16.5. The van der Waals surface area contributed by atoms with Gasteiger partial charge in [0.15, 0.2) is 0 Å². The summed E-state index contributed by atoms with van der Waals surface area (Å²) in [7, 11) is 0. The number of nitrogens with zero attached hydrogens (tertiary/aromatic N) is 3. The molecule has 2 heterocycles. The van der Waals surface area contributed by atoms with Crippen molar-refractivity contribution in [1.29, 1.82) is 0 Å². The van der Waals surface area contributed by atoms with Crippen molar-refractivity contribution in [2.24, 2.45) is 0 Å². The zero-order valence-electron chi connectivity index (χ0n) is 16.3. The number of carbonyl (C=O) groups excluding carboxylic acids is 2. The number of hydrogen-bond donors (Lipinski definition) is 1. The third-order valence-corrected chi connectivity index (χ3v) is 5.44. The molecule has 0 bridgehead atoms. The fourth-order valence-corrected chi connectivity index (χ4v) is 3.52. The molecule has 146 valence electrons. The van der Waals surface area contributed by atoms with Gasteiger partial charge in [0.25, 0.3) is 5.91 Å². The number of benzene rings is 1. The van der Waals surface area contributed by atoms with Crippen LogP contribution in [0.3, 0.4) is 0 Å². The molecule has 1 fully saturated rings. The lowest BCUT2D eigenvalue weighted by Crippen LogP contribution is -2.40. The van der Waals surface area contributed by atoms with Crippen LogP contribution < -0.4 is 5.32 Å². The summed E-state index contributed by atoms with van der Waals surface area (Å²) < 4.78 is 0. The Hall–Kier alpha value is -2.76. The second-order valence-corrected chi connectivity index (χ2v) is 7.64. The maximum Gasteiger partial charge on any atom is 0.257 e. The number of amides is 2. The highest BCUT2D eigenvalue weighted by atomic mass is 16.2. The second kappa shape index (κ2) is 8.09. The van der Waals surface area contributed by atoms with Gasteiger partial charge in [-0.05, 0) is 43.2 Å². The largest absolute Gasteiger partial charge is 0.350 e. The van der Waals surface area contributed by atoms with Crippen molar-refractivity contribution in [2.45, 2.75) is 51.5 Å². The summed E-state index contributed by atoms with van der Waals surface area (Å²) in [6, 6.07) is 8.21. The predicted molar refractivity (Wildman–Crippen MR) is 106 cm³/mol. The van der Waals surface area contributed by atoms with Gasteiger partial charge in [0, 0.05) is 25.2 Å². The summed E-state index contributed by atoms with van der Waals surface area (Å²) in [6.45, 7) is 3.21. The van der Waals surface area contributed by atoms with Gasteiger partial charge in [0.1, 0.15) is 5.82 Å². The van der Waals surface area contributed by atoms with E-state index < -0.39 is 0 Å². The number of nitrogens with one attached hydrogen (secondary N) is 1. The van der Waals surface area contributed by atoms with E-state index in [2.05, 4.69) is 34.3 Å². The number of fused-ring (bicyclic) bond motifs is 1. The van der Waals surface area contributed by atoms with Gasteiger partial charge in [-0.1, -0.05) is 31.2 Å². The maximum atomic E-state index is 12.9. The van der Waals surface area contributed by atoms with Crippen LogP contribution in [0.25, 0.3) is 0 Å². The minimum Gasteiger partial charge on any atom is -0.350 e. The highest BCUT2D eigenvalue weighted by Crippen LogP contribution is 2.38. The third kappa shape index (κ3) is 4.21. The molecule has 1 aliphatic heterocycles. The van der Waals surface area contributed by atoms with Crippen molar-refractivity contribution in [2.75, 3.05) is 13.1 Å². The van der Waals surface area contributed by atoms with Crippen molar-refractivity contribution < 1.29 is 9.59 Å². The van der Waals surface area contributed by atoms with E-state index in [1.54, 1.807) is 11.1 Å². The molecule has 1 aliphatic carbocycles. The molecule has 0 spiro atoms. The molecule has 4 rings (SSSR count). The Morgan fingerprint density at radius 3 is 2.68 bits per heavy atom. The van der Waals surface area contributed by atoms with Crippen molar-refractivity contribution in [1.82, 2.24) is 20.2 Å². The molecule has 0 saturated heterocycles. The topological polar surface area (TPSA) is 75.2 Å². The lowest BCUT2D eigenvalue weighted by molar-refractivity contribution is -0.122. The van der Waals surface area contributed by atoms with Crippen LogP contribution in [-0.4, -0.2) is 39.8 Å². The molecule has 1 saturated carbocycles. The van der Waals surface area contributed by atoms with E-state index in [1.165, 1.54) is 5.56 Å². The number of carbonyl (C=O) groups is 2. The minimum absolute atomic E-state index is 0.0652. The first kappa shape index (κ1) is 18.6. The Labute approximate surface area is 165 Å². The van der Waals surface area contributed by atoms with Gasteiger partial charge >= 0.3 is 0 Å². The average molecular weight is 378 g/mol. The SMILES string of the molecule is CCc1ccc(CNC(=O)CN2CCCc3nc(C4CC4)ncc3C2=O)cc1. The molecule has 0 unspecified atom stereocenters. The summed E-state index contributed by atoms with van der Waals surface area (Å²) in [6.07, 6.45) is 6.50. The van der Waals surface area contributed by atoms with Crippen LogP contribution in [0.5, 0.6) is 0 Å². The lowest BCUT2D eigenvalue weighted by Gasteiger charge is -2.20. The van der Waals surface area contributed by atoms with E-state index >= 15 is 0 Å². The van der Waals surface area contributed by atoms with Crippen LogP contribution in [0.1, 0.15) is 65.1 Å². The monoisotopic (exact) mass is 378 g/mol. The van der Waals surface area contributed by atoms with E-state index in [-0.39, 0.29) is 18.4 Å². The molecule has 6 nitrogen and oxygen atoms in total. The molecular weight excluding hydrogens is 352 g/mol. The van der Waals surface area contributed by atoms with Crippen LogP contribution in [0.4, 0.5) is 0 Å². The maximum absolute atomic E-state index is 12.9. The minimum atomic E-state index is -0.146. The van der Waals surface area contributed by atoms with Crippen LogP contribution in [0.2, 0.25) is 0 Å². The third-order valence-electron chi connectivity index (χ3n) is 5.44. The molecule has 1 aromatic carbocycles. The van der Waals surface area contributed by atoms with Gasteiger partial charge in [-0.25, -0.2) is 9.97 Å². The standard InChI is InChI=1S/C22H26N4O2/c1-2-15-5-7-16(8-6-15)12-23-20(27)14-26-11-3-4-19-18(22(26)28)13-24-21(25-19)17-9-10-17/h5-8,13,17H,2-4,9-12,14H2,1H3,(H,23,27). The first-order chi connectivity index (χ1) is 13.6. The van der Waals surface area contributed by atoms with Crippen molar-refractivity contribution in [3.63, 3.8) is 0 Å². The fourth-order valence-electron chi connectivity index (χ4n) is 3.52. The van der Waals surface area contributed by atoms with Crippen LogP contribution >= 0.6 is 0 Å². The van der Waals surface area contributed by atoms with E-state index in [0.717, 1.165) is 49.2 Å². The van der Waals surface area contributed by atoms with Crippen LogP contribution in [-0.2, 0) is 24.2 Å².